The van der Waals surface area contributed by atoms with Crippen LogP contribution in [0.4, 0.5) is 0 Å². The summed E-state index contributed by atoms with van der Waals surface area (Å²) in [5.41, 5.74) is 0.596. The van der Waals surface area contributed by atoms with Gasteiger partial charge >= 0.3 is 0 Å². The van der Waals surface area contributed by atoms with Crippen molar-refractivity contribution in [3.8, 4) is 5.75 Å². The van der Waals surface area contributed by atoms with Gasteiger partial charge < -0.3 is 9.64 Å². The van der Waals surface area contributed by atoms with Crippen molar-refractivity contribution >= 4 is 27.3 Å². The highest BCUT2D eigenvalue weighted by Crippen LogP contribution is 2.21. The number of nitrogens with zero attached hydrogens (tertiary/aromatic N) is 1. The zero-order chi connectivity index (χ0) is 20.1. The lowest BCUT2D eigenvalue weighted by Crippen LogP contribution is -2.46. The van der Waals surface area contributed by atoms with E-state index in [9.17, 15) is 13.2 Å². The third-order valence-electron chi connectivity index (χ3n) is 4.53. The molecule has 6 nitrogen and oxygen atoms in total. The van der Waals surface area contributed by atoms with Crippen LogP contribution in [0.2, 0.25) is 0 Å². The van der Waals surface area contributed by atoms with Crippen LogP contribution in [-0.4, -0.2) is 45.0 Å². The Bertz CT molecular complexity index is 887. The van der Waals surface area contributed by atoms with Crippen LogP contribution in [0.15, 0.2) is 46.0 Å². The Labute approximate surface area is 170 Å². The molecule has 1 aromatic carbocycles. The monoisotopic (exact) mass is 422 g/mol. The first-order chi connectivity index (χ1) is 13.3. The minimum atomic E-state index is -3.48. The third-order valence-corrected chi connectivity index (χ3v) is 7.45. The number of sulfonamides is 1. The van der Waals surface area contributed by atoms with E-state index in [1.807, 2.05) is 12.1 Å². The van der Waals surface area contributed by atoms with Gasteiger partial charge in [-0.05, 0) is 48.4 Å². The van der Waals surface area contributed by atoms with E-state index in [1.165, 1.54) is 11.3 Å². The van der Waals surface area contributed by atoms with Gasteiger partial charge in [0.25, 0.3) is 5.91 Å². The van der Waals surface area contributed by atoms with Crippen molar-refractivity contribution in [2.24, 2.45) is 5.92 Å². The van der Waals surface area contributed by atoms with E-state index in [4.69, 9.17) is 4.74 Å². The smallest absolute Gasteiger partial charge is 0.253 e. The van der Waals surface area contributed by atoms with Gasteiger partial charge in [0.05, 0.1) is 6.61 Å². The van der Waals surface area contributed by atoms with Gasteiger partial charge in [-0.1, -0.05) is 26.0 Å². The summed E-state index contributed by atoms with van der Waals surface area (Å²) in [5, 5.41) is 1.74. The average molecular weight is 423 g/mol. The fourth-order valence-electron chi connectivity index (χ4n) is 3.06. The van der Waals surface area contributed by atoms with Crippen LogP contribution in [0.25, 0.3) is 0 Å². The maximum Gasteiger partial charge on any atom is 0.253 e. The molecule has 1 fully saturated rings. The first kappa shape index (κ1) is 20.8. The van der Waals surface area contributed by atoms with Gasteiger partial charge in [0.15, 0.2) is 0 Å². The summed E-state index contributed by atoms with van der Waals surface area (Å²) in [6.45, 7) is 5.80. The molecular formula is C20H26N2O4S2. The Morgan fingerprint density at radius 1 is 1.25 bits per heavy atom. The molecule has 2 heterocycles. The summed E-state index contributed by atoms with van der Waals surface area (Å²) in [6.07, 6.45) is 1.19. The normalized spacial score (nSPS) is 15.8. The SMILES string of the molecule is CC(C)COc1cccc(C(=O)N2CCC(NS(=O)(=O)c3cccs3)CC2)c1. The molecule has 0 radical (unpaired) electrons. The van der Waals surface area contributed by atoms with Crippen LogP contribution < -0.4 is 9.46 Å². The van der Waals surface area contributed by atoms with Crippen LogP contribution in [0.5, 0.6) is 5.75 Å². The van der Waals surface area contributed by atoms with Crippen molar-refractivity contribution in [1.82, 2.24) is 9.62 Å². The predicted molar refractivity (Wildman–Crippen MR) is 110 cm³/mol. The van der Waals surface area contributed by atoms with Gasteiger partial charge in [0, 0.05) is 24.7 Å². The van der Waals surface area contributed by atoms with Crippen LogP contribution in [-0.2, 0) is 10.0 Å². The largest absolute Gasteiger partial charge is 0.493 e. The molecule has 28 heavy (non-hydrogen) atoms. The number of benzene rings is 1. The Morgan fingerprint density at radius 2 is 2.00 bits per heavy atom. The zero-order valence-corrected chi connectivity index (χ0v) is 17.8. The number of carbonyl (C=O) groups excluding carboxylic acids is 1. The van der Waals surface area contributed by atoms with E-state index < -0.39 is 10.0 Å². The molecule has 1 aromatic heterocycles. The highest BCUT2D eigenvalue weighted by Gasteiger charge is 2.27. The van der Waals surface area contributed by atoms with Crippen molar-refractivity contribution < 1.29 is 17.9 Å². The van der Waals surface area contributed by atoms with Crippen molar-refractivity contribution in [2.75, 3.05) is 19.7 Å². The van der Waals surface area contributed by atoms with Gasteiger partial charge in [-0.15, -0.1) is 11.3 Å². The number of hydrogen-bond donors (Lipinski definition) is 1. The van der Waals surface area contributed by atoms with Crippen molar-refractivity contribution in [1.29, 1.82) is 0 Å². The van der Waals surface area contributed by atoms with Gasteiger partial charge in [0.2, 0.25) is 10.0 Å². The number of ether oxygens (including phenoxy) is 1. The second kappa shape index (κ2) is 9.07. The number of amides is 1. The lowest BCUT2D eigenvalue weighted by Gasteiger charge is -2.32. The topological polar surface area (TPSA) is 75.7 Å². The molecule has 0 spiro atoms. The van der Waals surface area contributed by atoms with Gasteiger partial charge in [0.1, 0.15) is 9.96 Å². The molecule has 0 saturated carbocycles. The maximum absolute atomic E-state index is 12.8. The minimum absolute atomic E-state index is 0.0467. The summed E-state index contributed by atoms with van der Waals surface area (Å²) in [5.74, 6) is 1.06. The molecule has 1 aliphatic heterocycles. The van der Waals surface area contributed by atoms with Crippen molar-refractivity contribution in [3.63, 3.8) is 0 Å². The average Bonchev–Trinajstić information content (AvgIpc) is 3.22. The third kappa shape index (κ3) is 5.33. The summed E-state index contributed by atoms with van der Waals surface area (Å²) in [7, 11) is -3.48. The summed E-state index contributed by atoms with van der Waals surface area (Å²) in [6, 6.07) is 10.4. The second-order valence-corrected chi connectivity index (χ2v) is 10.2. The number of hydrogen-bond acceptors (Lipinski definition) is 5. The molecule has 1 N–H and O–H groups in total. The number of nitrogens with one attached hydrogen (secondary N) is 1. The number of thiophene rings is 1. The van der Waals surface area contributed by atoms with Crippen molar-refractivity contribution in [2.45, 2.75) is 36.9 Å². The fraction of sp³-hybridized carbons (Fsp3) is 0.450. The molecule has 8 heteroatoms. The second-order valence-electron chi connectivity index (χ2n) is 7.35. The highest BCUT2D eigenvalue weighted by atomic mass is 32.2. The molecule has 0 atom stereocenters. The van der Waals surface area contributed by atoms with Gasteiger partial charge in [-0.2, -0.15) is 0 Å². The van der Waals surface area contributed by atoms with Crippen LogP contribution in [0, 0.1) is 5.92 Å². The molecule has 1 aliphatic rings. The number of likely N-dealkylation sites (tertiary alicyclic amines) is 1. The van der Waals surface area contributed by atoms with Crippen molar-refractivity contribution in [3.05, 3.63) is 47.3 Å². The predicted octanol–water partition coefficient (Wildman–Crippen LogP) is 3.37. The highest BCUT2D eigenvalue weighted by molar-refractivity contribution is 7.91. The van der Waals surface area contributed by atoms with E-state index in [2.05, 4.69) is 18.6 Å². The standard InChI is InChI=1S/C20H26N2O4S2/c1-15(2)14-26-18-6-3-5-16(13-18)20(23)22-10-8-17(9-11-22)21-28(24,25)19-7-4-12-27-19/h3-7,12-13,15,17,21H,8-11,14H2,1-2H3. The molecule has 1 amide bonds. The van der Waals surface area contributed by atoms with E-state index in [-0.39, 0.29) is 11.9 Å². The van der Waals surface area contributed by atoms with Crippen LogP contribution in [0.1, 0.15) is 37.0 Å². The van der Waals surface area contributed by atoms with Gasteiger partial charge in [-0.3, -0.25) is 4.79 Å². The minimum Gasteiger partial charge on any atom is -0.493 e. The number of rotatable bonds is 7. The van der Waals surface area contributed by atoms with E-state index in [0.717, 1.165) is 0 Å². The Morgan fingerprint density at radius 3 is 2.64 bits per heavy atom. The molecule has 0 bridgehead atoms. The Kier molecular flexibility index (Phi) is 6.74. The number of piperidine rings is 1. The summed E-state index contributed by atoms with van der Waals surface area (Å²) in [4.78, 5) is 14.6. The van der Waals surface area contributed by atoms with Crippen LogP contribution in [0.3, 0.4) is 0 Å². The first-order valence-electron chi connectivity index (χ1n) is 9.43. The van der Waals surface area contributed by atoms with Crippen LogP contribution >= 0.6 is 11.3 Å². The molecular weight excluding hydrogens is 396 g/mol. The van der Waals surface area contributed by atoms with E-state index >= 15 is 0 Å². The summed E-state index contributed by atoms with van der Waals surface area (Å²) >= 11 is 1.20. The lowest BCUT2D eigenvalue weighted by atomic mass is 10.0. The Balaban J connectivity index is 1.56. The number of carbonyl (C=O) groups is 1. The quantitative estimate of drug-likeness (QED) is 0.742. The lowest BCUT2D eigenvalue weighted by molar-refractivity contribution is 0.0711. The van der Waals surface area contributed by atoms with Gasteiger partial charge in [-0.25, -0.2) is 13.1 Å². The molecule has 3 rings (SSSR count). The molecule has 0 aliphatic carbocycles. The molecule has 152 valence electrons. The van der Waals surface area contributed by atoms with E-state index in [0.29, 0.717) is 54.0 Å². The fourth-order valence-corrected chi connectivity index (χ4v) is 5.37. The Hall–Kier alpha value is -1.90. The molecule has 2 aromatic rings. The summed E-state index contributed by atoms with van der Waals surface area (Å²) < 4.78 is 33.5. The van der Waals surface area contributed by atoms with E-state index in [1.54, 1.807) is 34.5 Å². The molecule has 0 unspecified atom stereocenters. The first-order valence-corrected chi connectivity index (χ1v) is 11.8. The molecule has 1 saturated heterocycles. The maximum atomic E-state index is 12.8. The zero-order valence-electron chi connectivity index (χ0n) is 16.1.